The smallest absolute Gasteiger partial charge is 0.173 e. The number of sulfone groups is 1. The average Bonchev–Trinajstić information content (AvgIpc) is 3.00. The van der Waals surface area contributed by atoms with Gasteiger partial charge in [0.25, 0.3) is 0 Å². The monoisotopic (exact) mass is 491 g/mol. The summed E-state index contributed by atoms with van der Waals surface area (Å²) in [5.74, 6) is 1.11. The van der Waals surface area contributed by atoms with E-state index in [-0.39, 0.29) is 34.9 Å². The molecule has 1 atom stereocenters. The van der Waals surface area contributed by atoms with Gasteiger partial charge in [0.1, 0.15) is 11.6 Å². The Kier molecular flexibility index (Phi) is 5.79. The van der Waals surface area contributed by atoms with Gasteiger partial charge in [0.15, 0.2) is 15.6 Å². The topological polar surface area (TPSA) is 108 Å². The standard InChI is InChI=1S/C27H29N3O4S/c1-17-3-5-20(31)15-23(17)29-22-8-11-28-26-25(22)24(32)14-19-13-18(4-6-21(19)30-26)7-9-27(2)10-12-35(33,34)16-27/h3-6,8,11,13,15,31H,7,9-10,12,14,16H2,1-2H3,(H2,28,29,30). The van der Waals surface area contributed by atoms with E-state index in [9.17, 15) is 18.3 Å². The number of phenolic OH excluding ortho intramolecular Hbond substituents is 1. The lowest BCUT2D eigenvalue weighted by molar-refractivity contribution is 0.0995. The molecule has 2 aliphatic rings. The van der Waals surface area contributed by atoms with Crippen molar-refractivity contribution in [3.8, 4) is 5.75 Å². The molecule has 3 heterocycles. The molecule has 1 aromatic heterocycles. The van der Waals surface area contributed by atoms with E-state index >= 15 is 0 Å². The molecule has 1 saturated heterocycles. The van der Waals surface area contributed by atoms with Crippen LogP contribution in [0.25, 0.3) is 0 Å². The van der Waals surface area contributed by atoms with Crippen molar-refractivity contribution < 1.29 is 18.3 Å². The normalized spacial score (nSPS) is 20.5. The minimum absolute atomic E-state index is 0.0503. The Morgan fingerprint density at radius 3 is 2.74 bits per heavy atom. The minimum Gasteiger partial charge on any atom is -0.508 e. The number of phenols is 1. The maximum absolute atomic E-state index is 13.4. The van der Waals surface area contributed by atoms with Crippen LogP contribution in [0.3, 0.4) is 0 Å². The number of aromatic hydroxyl groups is 1. The largest absolute Gasteiger partial charge is 0.508 e. The summed E-state index contributed by atoms with van der Waals surface area (Å²) in [5.41, 5.74) is 5.42. The number of Topliss-reactive ketones (excluding diaryl/α,β-unsaturated/α-hetero) is 1. The molecular weight excluding hydrogens is 462 g/mol. The predicted octanol–water partition coefficient (Wildman–Crippen LogP) is 5.08. The number of ketones is 1. The SMILES string of the molecule is Cc1ccc(O)cc1Nc1ccnc2c1C(=O)Cc1cc(CCC3(C)CCS(=O)(=O)C3)ccc1N2. The number of aromatic nitrogens is 1. The van der Waals surface area contributed by atoms with Gasteiger partial charge in [0.05, 0.1) is 22.8 Å². The quantitative estimate of drug-likeness (QED) is 0.457. The van der Waals surface area contributed by atoms with E-state index in [1.807, 2.05) is 31.2 Å². The molecule has 8 heteroatoms. The molecule has 0 amide bonds. The number of carbonyl (C=O) groups excluding carboxylic acids is 1. The highest BCUT2D eigenvalue weighted by Crippen LogP contribution is 2.38. The summed E-state index contributed by atoms with van der Waals surface area (Å²) in [6.07, 6.45) is 4.15. The van der Waals surface area contributed by atoms with Crippen molar-refractivity contribution in [2.24, 2.45) is 5.41 Å². The molecule has 0 bridgehead atoms. The second kappa shape index (κ2) is 8.68. The second-order valence-corrected chi connectivity index (χ2v) is 12.3. The number of nitrogens with zero attached hydrogens (tertiary/aromatic N) is 1. The Morgan fingerprint density at radius 1 is 1.14 bits per heavy atom. The Labute approximate surface area is 205 Å². The van der Waals surface area contributed by atoms with Crippen molar-refractivity contribution in [1.29, 1.82) is 0 Å². The molecule has 182 valence electrons. The summed E-state index contributed by atoms with van der Waals surface area (Å²) < 4.78 is 23.9. The van der Waals surface area contributed by atoms with Crippen LogP contribution >= 0.6 is 0 Å². The third-order valence-electron chi connectivity index (χ3n) is 7.10. The van der Waals surface area contributed by atoms with Gasteiger partial charge >= 0.3 is 0 Å². The summed E-state index contributed by atoms with van der Waals surface area (Å²) in [6.45, 7) is 3.98. The van der Waals surface area contributed by atoms with Crippen molar-refractivity contribution in [3.05, 3.63) is 70.9 Å². The van der Waals surface area contributed by atoms with Gasteiger partial charge in [0.2, 0.25) is 0 Å². The maximum atomic E-state index is 13.4. The lowest BCUT2D eigenvalue weighted by Gasteiger charge is -2.22. The molecular formula is C27H29N3O4S. The first-order chi connectivity index (χ1) is 16.6. The molecule has 1 fully saturated rings. The van der Waals surface area contributed by atoms with Gasteiger partial charge in [0, 0.05) is 30.1 Å². The van der Waals surface area contributed by atoms with Crippen LogP contribution in [-0.4, -0.2) is 35.8 Å². The number of benzene rings is 2. The highest BCUT2D eigenvalue weighted by molar-refractivity contribution is 7.91. The number of carbonyl (C=O) groups is 1. The van der Waals surface area contributed by atoms with Crippen LogP contribution in [-0.2, 0) is 22.7 Å². The highest BCUT2D eigenvalue weighted by Gasteiger charge is 2.37. The van der Waals surface area contributed by atoms with Crippen molar-refractivity contribution in [2.75, 3.05) is 22.1 Å². The van der Waals surface area contributed by atoms with Gasteiger partial charge in [-0.1, -0.05) is 25.1 Å². The van der Waals surface area contributed by atoms with Crippen molar-refractivity contribution >= 4 is 38.5 Å². The number of hydrogen-bond acceptors (Lipinski definition) is 7. The van der Waals surface area contributed by atoms with Crippen molar-refractivity contribution in [2.45, 2.75) is 39.5 Å². The molecule has 0 radical (unpaired) electrons. The van der Waals surface area contributed by atoms with E-state index in [0.717, 1.165) is 40.9 Å². The molecule has 3 aromatic rings. The minimum atomic E-state index is -2.93. The first-order valence-electron chi connectivity index (χ1n) is 11.8. The molecule has 0 saturated carbocycles. The molecule has 1 unspecified atom stereocenters. The molecule has 0 aliphatic carbocycles. The molecule has 5 rings (SSSR count). The van der Waals surface area contributed by atoms with E-state index in [2.05, 4.69) is 22.5 Å². The number of nitrogens with one attached hydrogen (secondary N) is 2. The molecule has 7 nitrogen and oxygen atoms in total. The number of pyridine rings is 1. The van der Waals surface area contributed by atoms with Crippen LogP contribution in [0.2, 0.25) is 0 Å². The summed E-state index contributed by atoms with van der Waals surface area (Å²) in [7, 11) is -2.93. The third kappa shape index (κ3) is 4.89. The van der Waals surface area contributed by atoms with Gasteiger partial charge in [-0.2, -0.15) is 0 Å². The number of fused-ring (bicyclic) bond motifs is 2. The Bertz CT molecular complexity index is 1430. The van der Waals surface area contributed by atoms with Gasteiger partial charge < -0.3 is 15.7 Å². The number of anilines is 4. The second-order valence-electron chi connectivity index (χ2n) is 10.1. The lowest BCUT2D eigenvalue weighted by atomic mass is 9.83. The Hall–Kier alpha value is -3.39. The van der Waals surface area contributed by atoms with E-state index < -0.39 is 9.84 Å². The van der Waals surface area contributed by atoms with E-state index in [1.54, 1.807) is 24.4 Å². The summed E-state index contributed by atoms with van der Waals surface area (Å²) in [4.78, 5) is 17.8. The third-order valence-corrected chi connectivity index (χ3v) is 9.06. The lowest BCUT2D eigenvalue weighted by Crippen LogP contribution is -2.19. The summed E-state index contributed by atoms with van der Waals surface area (Å²) in [6, 6.07) is 12.9. The fraction of sp³-hybridized carbons (Fsp3) is 0.333. The fourth-order valence-electron chi connectivity index (χ4n) is 5.01. The molecule has 0 spiro atoms. The zero-order valence-corrected chi connectivity index (χ0v) is 20.7. The maximum Gasteiger partial charge on any atom is 0.173 e. The van der Waals surface area contributed by atoms with E-state index in [0.29, 0.717) is 23.5 Å². The molecule has 3 N–H and O–H groups in total. The zero-order chi connectivity index (χ0) is 24.8. The van der Waals surface area contributed by atoms with Crippen LogP contribution in [0.1, 0.15) is 46.8 Å². The Morgan fingerprint density at radius 2 is 1.97 bits per heavy atom. The van der Waals surface area contributed by atoms with Crippen LogP contribution < -0.4 is 10.6 Å². The van der Waals surface area contributed by atoms with Gasteiger partial charge in [-0.15, -0.1) is 0 Å². The Balaban J connectivity index is 1.39. The highest BCUT2D eigenvalue weighted by atomic mass is 32.2. The number of aryl methyl sites for hydroxylation is 2. The van der Waals surface area contributed by atoms with Crippen molar-refractivity contribution in [3.63, 3.8) is 0 Å². The first-order valence-corrected chi connectivity index (χ1v) is 13.6. The van der Waals surface area contributed by atoms with Crippen LogP contribution in [0.4, 0.5) is 22.9 Å². The number of rotatable bonds is 5. The van der Waals surface area contributed by atoms with Gasteiger partial charge in [-0.25, -0.2) is 13.4 Å². The zero-order valence-electron chi connectivity index (χ0n) is 19.9. The van der Waals surface area contributed by atoms with E-state index in [4.69, 9.17) is 0 Å². The fourth-order valence-corrected chi connectivity index (χ4v) is 7.31. The van der Waals surface area contributed by atoms with E-state index in [1.165, 1.54) is 0 Å². The molecule has 2 aliphatic heterocycles. The van der Waals surface area contributed by atoms with Gasteiger partial charge in [-0.3, -0.25) is 4.79 Å². The number of hydrogen-bond donors (Lipinski definition) is 3. The van der Waals surface area contributed by atoms with Crippen LogP contribution in [0.5, 0.6) is 5.75 Å². The molecule has 35 heavy (non-hydrogen) atoms. The molecule has 2 aromatic carbocycles. The predicted molar refractivity (Wildman–Crippen MR) is 138 cm³/mol. The summed E-state index contributed by atoms with van der Waals surface area (Å²) in [5, 5.41) is 16.5. The van der Waals surface area contributed by atoms with Crippen LogP contribution in [0, 0.1) is 12.3 Å². The average molecular weight is 492 g/mol. The summed E-state index contributed by atoms with van der Waals surface area (Å²) >= 11 is 0. The first kappa shape index (κ1) is 23.4. The van der Waals surface area contributed by atoms with Gasteiger partial charge in [-0.05, 0) is 66.5 Å². The van der Waals surface area contributed by atoms with Crippen molar-refractivity contribution in [1.82, 2.24) is 4.98 Å². The van der Waals surface area contributed by atoms with Crippen LogP contribution in [0.15, 0.2) is 48.7 Å².